The van der Waals surface area contributed by atoms with Gasteiger partial charge in [0.15, 0.2) is 5.82 Å². The first-order valence-electron chi connectivity index (χ1n) is 9.49. The van der Waals surface area contributed by atoms with Crippen molar-refractivity contribution in [1.29, 1.82) is 0 Å². The minimum Gasteiger partial charge on any atom is -0.347 e. The second-order valence-corrected chi connectivity index (χ2v) is 8.87. The molecule has 1 fully saturated rings. The van der Waals surface area contributed by atoms with Gasteiger partial charge < -0.3 is 9.09 Å². The Morgan fingerprint density at radius 2 is 1.89 bits per heavy atom. The van der Waals surface area contributed by atoms with Gasteiger partial charge in [0, 0.05) is 30.4 Å². The molecule has 0 atom stereocenters. The number of benzene rings is 1. The fraction of sp³-hybridized carbons (Fsp3) is 0.400. The average Bonchev–Trinajstić information content (AvgIpc) is 3.36. The van der Waals surface area contributed by atoms with Gasteiger partial charge in [-0.25, -0.2) is 13.1 Å². The maximum absolute atomic E-state index is 13.2. The molecule has 0 saturated heterocycles. The third-order valence-electron chi connectivity index (χ3n) is 5.22. The maximum Gasteiger partial charge on any atom is 0.261 e. The fourth-order valence-corrected chi connectivity index (χ4v) is 5.10. The SMILES string of the molecule is CCn1c(C)c(-c2nc(C3CC3)no2)c(S(=O)(=O)NCc2ccccc2)c1C. The molecule has 2 heterocycles. The molecule has 2 aromatic heterocycles. The molecular formula is C20H24N4O3S. The van der Waals surface area contributed by atoms with E-state index in [-0.39, 0.29) is 17.3 Å². The topological polar surface area (TPSA) is 90.0 Å². The summed E-state index contributed by atoms with van der Waals surface area (Å²) in [6.45, 7) is 6.57. The van der Waals surface area contributed by atoms with Crippen LogP contribution in [0.4, 0.5) is 0 Å². The second kappa shape index (κ2) is 7.18. The van der Waals surface area contributed by atoms with Gasteiger partial charge in [-0.05, 0) is 39.2 Å². The summed E-state index contributed by atoms with van der Waals surface area (Å²) >= 11 is 0. The molecule has 1 aliphatic rings. The highest BCUT2D eigenvalue weighted by molar-refractivity contribution is 7.89. The molecule has 1 aliphatic carbocycles. The quantitative estimate of drug-likeness (QED) is 0.655. The Kier molecular flexibility index (Phi) is 4.84. The van der Waals surface area contributed by atoms with Gasteiger partial charge >= 0.3 is 0 Å². The van der Waals surface area contributed by atoms with Gasteiger partial charge in [-0.1, -0.05) is 35.5 Å². The number of nitrogens with one attached hydrogen (secondary N) is 1. The smallest absolute Gasteiger partial charge is 0.261 e. The first-order chi connectivity index (χ1) is 13.4. The molecule has 1 N–H and O–H groups in total. The fourth-order valence-electron chi connectivity index (χ4n) is 3.60. The van der Waals surface area contributed by atoms with Crippen LogP contribution in [0.15, 0.2) is 39.8 Å². The number of sulfonamides is 1. The summed E-state index contributed by atoms with van der Waals surface area (Å²) in [4.78, 5) is 4.72. The lowest BCUT2D eigenvalue weighted by Crippen LogP contribution is -2.24. The highest BCUT2D eigenvalue weighted by atomic mass is 32.2. The number of nitrogens with zero attached hydrogens (tertiary/aromatic N) is 3. The normalized spacial score (nSPS) is 14.5. The predicted octanol–water partition coefficient (Wildman–Crippen LogP) is 3.53. The lowest BCUT2D eigenvalue weighted by molar-refractivity contribution is 0.421. The molecule has 0 aliphatic heterocycles. The van der Waals surface area contributed by atoms with E-state index in [9.17, 15) is 8.42 Å². The summed E-state index contributed by atoms with van der Waals surface area (Å²) in [5.74, 6) is 1.27. The van der Waals surface area contributed by atoms with Gasteiger partial charge in [-0.15, -0.1) is 0 Å². The molecule has 4 rings (SSSR count). The molecule has 28 heavy (non-hydrogen) atoms. The molecule has 0 amide bonds. The minimum absolute atomic E-state index is 0.216. The second-order valence-electron chi connectivity index (χ2n) is 7.16. The highest BCUT2D eigenvalue weighted by Crippen LogP contribution is 2.40. The van der Waals surface area contributed by atoms with Gasteiger partial charge in [0.25, 0.3) is 5.89 Å². The van der Waals surface area contributed by atoms with Crippen molar-refractivity contribution in [3.8, 4) is 11.5 Å². The summed E-state index contributed by atoms with van der Waals surface area (Å²) in [6.07, 6.45) is 2.10. The van der Waals surface area contributed by atoms with Crippen molar-refractivity contribution >= 4 is 10.0 Å². The average molecular weight is 401 g/mol. The van der Waals surface area contributed by atoms with E-state index in [2.05, 4.69) is 14.9 Å². The third kappa shape index (κ3) is 3.38. The minimum atomic E-state index is -3.77. The summed E-state index contributed by atoms with van der Waals surface area (Å²) in [7, 11) is -3.77. The molecule has 8 heteroatoms. The van der Waals surface area contributed by atoms with Crippen LogP contribution in [0.1, 0.15) is 48.5 Å². The zero-order valence-corrected chi connectivity index (χ0v) is 17.1. The van der Waals surface area contributed by atoms with Crippen LogP contribution >= 0.6 is 0 Å². The Hall–Kier alpha value is -2.45. The lowest BCUT2D eigenvalue weighted by atomic mass is 10.2. The zero-order valence-electron chi connectivity index (χ0n) is 16.3. The zero-order chi connectivity index (χ0) is 19.9. The molecule has 1 aromatic carbocycles. The van der Waals surface area contributed by atoms with Gasteiger partial charge in [-0.2, -0.15) is 4.98 Å². The maximum atomic E-state index is 13.2. The van der Waals surface area contributed by atoms with Gasteiger partial charge in [0.05, 0.1) is 5.56 Å². The van der Waals surface area contributed by atoms with Crippen LogP contribution in [0.3, 0.4) is 0 Å². The van der Waals surface area contributed by atoms with Gasteiger partial charge in [0.1, 0.15) is 4.90 Å². The number of hydrogen-bond acceptors (Lipinski definition) is 5. The van der Waals surface area contributed by atoms with Crippen molar-refractivity contribution in [2.75, 3.05) is 0 Å². The Labute approximate surface area is 164 Å². The molecule has 3 aromatic rings. The summed E-state index contributed by atoms with van der Waals surface area (Å²) in [5, 5.41) is 4.07. The monoisotopic (exact) mass is 400 g/mol. The molecule has 0 radical (unpaired) electrons. The molecule has 0 unspecified atom stereocenters. The molecule has 148 valence electrons. The Morgan fingerprint density at radius 1 is 1.18 bits per heavy atom. The van der Waals surface area contributed by atoms with Gasteiger partial charge in [-0.3, -0.25) is 0 Å². The first kappa shape index (κ1) is 18.9. The van der Waals surface area contributed by atoms with Crippen molar-refractivity contribution in [2.24, 2.45) is 0 Å². The van der Waals surface area contributed by atoms with E-state index in [1.54, 1.807) is 0 Å². The Balaban J connectivity index is 1.76. The Morgan fingerprint density at radius 3 is 2.54 bits per heavy atom. The summed E-state index contributed by atoms with van der Waals surface area (Å²) in [6, 6.07) is 9.45. The van der Waals surface area contributed by atoms with E-state index in [1.807, 2.05) is 55.7 Å². The van der Waals surface area contributed by atoms with Crippen LogP contribution in [0, 0.1) is 13.8 Å². The van der Waals surface area contributed by atoms with Crippen LogP contribution in [0.2, 0.25) is 0 Å². The van der Waals surface area contributed by atoms with E-state index in [0.29, 0.717) is 29.5 Å². The van der Waals surface area contributed by atoms with Gasteiger partial charge in [0.2, 0.25) is 10.0 Å². The van der Waals surface area contributed by atoms with Crippen molar-refractivity contribution < 1.29 is 12.9 Å². The van der Waals surface area contributed by atoms with E-state index in [1.165, 1.54) is 0 Å². The first-order valence-corrected chi connectivity index (χ1v) is 11.0. The standard InChI is InChI=1S/C20H24N4O3S/c1-4-24-13(2)17(20-22-19(23-27-20)16-10-11-16)18(14(24)3)28(25,26)21-12-15-8-6-5-7-9-15/h5-9,16,21H,4,10-12H2,1-3H3. The largest absolute Gasteiger partial charge is 0.347 e. The van der Waals surface area contributed by atoms with E-state index in [4.69, 9.17) is 4.52 Å². The number of hydrogen-bond donors (Lipinski definition) is 1. The molecule has 1 saturated carbocycles. The number of aromatic nitrogens is 3. The van der Waals surface area contributed by atoms with E-state index >= 15 is 0 Å². The molecule has 0 spiro atoms. The molecule has 0 bridgehead atoms. The lowest BCUT2D eigenvalue weighted by Gasteiger charge is -2.09. The Bertz CT molecular complexity index is 1100. The molecule has 7 nitrogen and oxygen atoms in total. The van der Waals surface area contributed by atoms with Crippen molar-refractivity contribution in [1.82, 2.24) is 19.4 Å². The van der Waals surface area contributed by atoms with Crippen molar-refractivity contribution in [3.63, 3.8) is 0 Å². The third-order valence-corrected chi connectivity index (χ3v) is 6.78. The van der Waals surface area contributed by atoms with Crippen molar-refractivity contribution in [3.05, 3.63) is 53.1 Å². The van der Waals surface area contributed by atoms with Crippen LogP contribution in [-0.4, -0.2) is 23.1 Å². The van der Waals surface area contributed by atoms with E-state index in [0.717, 1.165) is 24.1 Å². The highest BCUT2D eigenvalue weighted by Gasteiger charge is 2.33. The van der Waals surface area contributed by atoms with Crippen molar-refractivity contribution in [2.45, 2.75) is 57.5 Å². The molecular weight excluding hydrogens is 376 g/mol. The van der Waals surface area contributed by atoms with E-state index < -0.39 is 10.0 Å². The van der Waals surface area contributed by atoms with Crippen LogP contribution in [0.25, 0.3) is 11.5 Å². The summed E-state index contributed by atoms with van der Waals surface area (Å²) < 4.78 is 36.6. The van der Waals surface area contributed by atoms with Crippen LogP contribution in [0.5, 0.6) is 0 Å². The van der Waals surface area contributed by atoms with Crippen LogP contribution < -0.4 is 4.72 Å². The summed E-state index contributed by atoms with van der Waals surface area (Å²) in [5.41, 5.74) is 2.87. The number of rotatable bonds is 7. The predicted molar refractivity (Wildman–Crippen MR) is 105 cm³/mol. The van der Waals surface area contributed by atoms with Crippen LogP contribution in [-0.2, 0) is 23.1 Å².